The highest BCUT2D eigenvalue weighted by molar-refractivity contribution is 5.77. The smallest absolute Gasteiger partial charge is 0.254 e. The summed E-state index contributed by atoms with van der Waals surface area (Å²) in [5, 5.41) is 3.08. The molecule has 2 aromatic heterocycles. The maximum atomic E-state index is 13.3. The van der Waals surface area contributed by atoms with Crippen molar-refractivity contribution in [2.45, 2.75) is 25.3 Å². The van der Waals surface area contributed by atoms with Gasteiger partial charge in [0, 0.05) is 51.2 Å². The van der Waals surface area contributed by atoms with Gasteiger partial charge in [-0.3, -0.25) is 14.3 Å². The molecule has 0 spiro atoms. The van der Waals surface area contributed by atoms with Crippen LogP contribution in [0, 0.1) is 0 Å². The lowest BCUT2D eigenvalue weighted by atomic mass is 10.1. The topological polar surface area (TPSA) is 116 Å². The first-order valence-electron chi connectivity index (χ1n) is 14.1. The number of fused-ring (bicyclic) bond motifs is 2. The van der Waals surface area contributed by atoms with E-state index in [1.165, 1.54) is 0 Å². The average Bonchev–Trinajstić information content (AvgIpc) is 3.71. The minimum absolute atomic E-state index is 0.0496. The van der Waals surface area contributed by atoms with Crippen molar-refractivity contribution in [2.75, 3.05) is 44.3 Å². The van der Waals surface area contributed by atoms with E-state index in [0.717, 1.165) is 35.2 Å². The number of anilines is 1. The fraction of sp³-hybridized carbons (Fsp3) is 0.333. The molecule has 7 rings (SSSR count). The number of rotatable bonds is 8. The number of para-hydroxylation sites is 2. The van der Waals surface area contributed by atoms with Gasteiger partial charge in [0.25, 0.3) is 6.29 Å². The van der Waals surface area contributed by atoms with Crippen molar-refractivity contribution < 1.29 is 23.7 Å². The number of benzene rings is 2. The molecule has 3 aliphatic rings. The SMILES string of the molecule is O=C(CC1CN(CC2Oc3ccccc3O2)CCN1c1ccnc(-n2ccnc2)n1)NCc1ccc2c(c1)OCCO2. The molecule has 0 radical (unpaired) electrons. The predicted octanol–water partition coefficient (Wildman–Crippen LogP) is 2.43. The molecule has 0 aliphatic carbocycles. The van der Waals surface area contributed by atoms with Crippen molar-refractivity contribution >= 4 is 11.7 Å². The van der Waals surface area contributed by atoms with Crippen LogP contribution in [0.15, 0.2) is 73.4 Å². The standard InChI is InChI=1S/C30H31N7O5/c38-28(33-17-21-5-6-23-26(15-21)40-14-13-39-23)16-22-18-35(19-29-41-24-3-1-2-4-25(24)42-29)11-12-37(22)27-7-8-32-30(34-27)36-10-9-31-20-36/h1-10,15,20,22,29H,11-14,16-19H2,(H,33,38). The molecule has 1 saturated heterocycles. The highest BCUT2D eigenvalue weighted by Crippen LogP contribution is 2.34. The van der Waals surface area contributed by atoms with Crippen LogP contribution in [0.2, 0.25) is 0 Å². The summed E-state index contributed by atoms with van der Waals surface area (Å²) in [4.78, 5) is 31.1. The van der Waals surface area contributed by atoms with Gasteiger partial charge >= 0.3 is 0 Å². The molecular formula is C30H31N7O5. The zero-order valence-electron chi connectivity index (χ0n) is 23.0. The Hall–Kier alpha value is -4.84. The number of hydrogen-bond acceptors (Lipinski definition) is 10. The molecule has 3 aliphatic heterocycles. The van der Waals surface area contributed by atoms with Crippen LogP contribution in [0.1, 0.15) is 12.0 Å². The minimum Gasteiger partial charge on any atom is -0.486 e. The Morgan fingerprint density at radius 1 is 0.952 bits per heavy atom. The third kappa shape index (κ3) is 5.66. The number of aromatic nitrogens is 4. The lowest BCUT2D eigenvalue weighted by Crippen LogP contribution is -2.56. The number of nitrogens with zero attached hydrogens (tertiary/aromatic N) is 6. The van der Waals surface area contributed by atoms with E-state index in [4.69, 9.17) is 23.9 Å². The molecule has 1 atom stereocenters. The molecule has 1 fully saturated rings. The zero-order valence-corrected chi connectivity index (χ0v) is 23.0. The lowest BCUT2D eigenvalue weighted by Gasteiger charge is -2.42. The molecule has 1 N–H and O–H groups in total. The summed E-state index contributed by atoms with van der Waals surface area (Å²) in [5.41, 5.74) is 0.950. The van der Waals surface area contributed by atoms with E-state index in [0.29, 0.717) is 51.1 Å². The molecule has 4 aromatic rings. The van der Waals surface area contributed by atoms with Gasteiger partial charge in [-0.1, -0.05) is 18.2 Å². The summed E-state index contributed by atoms with van der Waals surface area (Å²) < 4.78 is 25.1. The second-order valence-corrected chi connectivity index (χ2v) is 10.4. The molecule has 0 saturated carbocycles. The van der Waals surface area contributed by atoms with Crippen LogP contribution in [-0.4, -0.2) is 82.1 Å². The summed E-state index contributed by atoms with van der Waals surface area (Å²) in [6.45, 7) is 4.13. The highest BCUT2D eigenvalue weighted by Gasteiger charge is 2.33. The predicted molar refractivity (Wildman–Crippen MR) is 152 cm³/mol. The van der Waals surface area contributed by atoms with Crippen molar-refractivity contribution in [1.82, 2.24) is 29.7 Å². The number of imidazole rings is 1. The highest BCUT2D eigenvalue weighted by atomic mass is 16.7. The van der Waals surface area contributed by atoms with Crippen LogP contribution in [0.4, 0.5) is 5.82 Å². The fourth-order valence-electron chi connectivity index (χ4n) is 5.48. The van der Waals surface area contributed by atoms with Crippen LogP contribution in [0.3, 0.4) is 0 Å². The summed E-state index contributed by atoms with van der Waals surface area (Å²) in [5.74, 6) is 4.18. The minimum atomic E-state index is -0.398. The van der Waals surface area contributed by atoms with Crippen LogP contribution >= 0.6 is 0 Å². The lowest BCUT2D eigenvalue weighted by molar-refractivity contribution is -0.121. The van der Waals surface area contributed by atoms with Crippen LogP contribution in [0.5, 0.6) is 23.0 Å². The van der Waals surface area contributed by atoms with Gasteiger partial charge in [0.2, 0.25) is 11.9 Å². The Kier molecular flexibility index (Phi) is 7.18. The molecule has 0 bridgehead atoms. The average molecular weight is 570 g/mol. The van der Waals surface area contributed by atoms with Crippen LogP contribution in [-0.2, 0) is 11.3 Å². The number of carbonyl (C=O) groups excluding carboxylic acids is 1. The summed E-state index contributed by atoms with van der Waals surface area (Å²) in [6, 6.07) is 15.2. The van der Waals surface area contributed by atoms with Gasteiger partial charge in [-0.05, 0) is 35.9 Å². The van der Waals surface area contributed by atoms with Gasteiger partial charge < -0.3 is 29.2 Å². The number of hydrogen-bond donors (Lipinski definition) is 1. The maximum absolute atomic E-state index is 13.3. The van der Waals surface area contributed by atoms with E-state index in [2.05, 4.69) is 25.1 Å². The molecule has 12 heteroatoms. The first-order valence-corrected chi connectivity index (χ1v) is 14.1. The number of amides is 1. The first kappa shape index (κ1) is 26.1. The van der Waals surface area contributed by atoms with Crippen molar-refractivity contribution in [3.8, 4) is 28.9 Å². The Balaban J connectivity index is 1.05. The van der Waals surface area contributed by atoms with Gasteiger partial charge in [0.1, 0.15) is 25.4 Å². The van der Waals surface area contributed by atoms with E-state index in [-0.39, 0.29) is 18.4 Å². The number of nitrogens with one attached hydrogen (secondary N) is 1. The Morgan fingerprint density at radius 3 is 2.60 bits per heavy atom. The molecule has 216 valence electrons. The molecule has 2 aromatic carbocycles. The zero-order chi connectivity index (χ0) is 28.3. The summed E-state index contributed by atoms with van der Waals surface area (Å²) >= 11 is 0. The summed E-state index contributed by atoms with van der Waals surface area (Å²) in [6.07, 6.45) is 6.79. The second-order valence-electron chi connectivity index (χ2n) is 10.4. The van der Waals surface area contributed by atoms with E-state index in [1.54, 1.807) is 29.5 Å². The Labute approximate surface area is 242 Å². The molecule has 1 amide bonds. The van der Waals surface area contributed by atoms with Crippen LogP contribution in [0.25, 0.3) is 5.95 Å². The van der Waals surface area contributed by atoms with Crippen molar-refractivity contribution in [2.24, 2.45) is 0 Å². The quantitative estimate of drug-likeness (QED) is 0.339. The van der Waals surface area contributed by atoms with Crippen LogP contribution < -0.4 is 29.2 Å². The van der Waals surface area contributed by atoms with Crippen molar-refractivity contribution in [1.29, 1.82) is 0 Å². The van der Waals surface area contributed by atoms with Crippen molar-refractivity contribution in [3.63, 3.8) is 0 Å². The third-order valence-corrected chi connectivity index (χ3v) is 7.52. The van der Waals surface area contributed by atoms with E-state index in [9.17, 15) is 4.79 Å². The Bertz CT molecular complexity index is 1520. The van der Waals surface area contributed by atoms with E-state index in [1.807, 2.05) is 48.5 Å². The van der Waals surface area contributed by atoms with Gasteiger partial charge in [-0.25, -0.2) is 9.97 Å². The van der Waals surface area contributed by atoms with E-state index >= 15 is 0 Å². The fourth-order valence-corrected chi connectivity index (χ4v) is 5.48. The molecule has 5 heterocycles. The molecular weight excluding hydrogens is 538 g/mol. The van der Waals surface area contributed by atoms with Gasteiger partial charge in [-0.2, -0.15) is 4.98 Å². The molecule has 1 unspecified atom stereocenters. The largest absolute Gasteiger partial charge is 0.486 e. The monoisotopic (exact) mass is 569 g/mol. The first-order chi connectivity index (χ1) is 20.7. The maximum Gasteiger partial charge on any atom is 0.254 e. The number of ether oxygens (including phenoxy) is 4. The van der Waals surface area contributed by atoms with Gasteiger partial charge in [0.15, 0.2) is 23.0 Å². The molecule has 12 nitrogen and oxygen atoms in total. The van der Waals surface area contributed by atoms with Gasteiger partial charge in [-0.15, -0.1) is 0 Å². The van der Waals surface area contributed by atoms with E-state index < -0.39 is 6.29 Å². The summed E-state index contributed by atoms with van der Waals surface area (Å²) in [7, 11) is 0. The molecule has 42 heavy (non-hydrogen) atoms. The number of piperazine rings is 1. The van der Waals surface area contributed by atoms with Gasteiger partial charge in [0.05, 0.1) is 12.6 Å². The Morgan fingerprint density at radius 2 is 1.79 bits per heavy atom. The third-order valence-electron chi connectivity index (χ3n) is 7.52. The van der Waals surface area contributed by atoms with Crippen molar-refractivity contribution in [3.05, 3.63) is 79.0 Å². The number of carbonyl (C=O) groups is 1. The normalized spacial score (nSPS) is 18.2. The second kappa shape index (κ2) is 11.6.